The number of fused-ring (bicyclic) bond motifs is 2. The van der Waals surface area contributed by atoms with Gasteiger partial charge in [-0.25, -0.2) is 4.79 Å². The van der Waals surface area contributed by atoms with Crippen LogP contribution in [0.1, 0.15) is 82.0 Å². The van der Waals surface area contributed by atoms with E-state index in [1.807, 2.05) is 24.3 Å². The molecule has 314 valence electrons. The summed E-state index contributed by atoms with van der Waals surface area (Å²) in [5.41, 5.74) is 2.01. The molecule has 12 nitrogen and oxygen atoms in total. The molecule has 1 unspecified atom stereocenters. The Hall–Kier alpha value is -4.55. The van der Waals surface area contributed by atoms with Crippen LogP contribution in [0.5, 0.6) is 0 Å². The summed E-state index contributed by atoms with van der Waals surface area (Å²) in [4.78, 5) is 97.4. The fraction of sp³-hybridized carbons (Fsp3) is 0.523. The van der Waals surface area contributed by atoms with Gasteiger partial charge in [-0.15, -0.1) is 29.8 Å². The van der Waals surface area contributed by atoms with Crippen LogP contribution >= 0.6 is 23.2 Å². The Bertz CT molecular complexity index is 1810. The second-order valence-corrected chi connectivity index (χ2v) is 17.2. The number of carbonyl (C=O) groups is 7. The summed E-state index contributed by atoms with van der Waals surface area (Å²) in [6, 6.07) is 14.0. The monoisotopic (exact) mass is 838 g/mol. The Kier molecular flexibility index (Phi) is 16.7. The maximum Gasteiger partial charge on any atom is 0.408 e. The molecule has 1 saturated heterocycles. The number of piperidine rings is 1. The SMILES string of the molecule is C=CCCC(CC(=O)[C@@H]1[C@H]2C[C@H]2CN1C(=O)[C@@H](NC(=O)OC(C)(C)C)C1Cc2ccccc2C1)C(=O)C(=O)CCC(=O)N[C@H](C(=O)N(C)C)c1ccccc1.ClCCl. The number of ether oxygens (including phenoxy) is 1. The van der Waals surface area contributed by atoms with Crippen molar-refractivity contribution in [1.82, 2.24) is 20.4 Å². The summed E-state index contributed by atoms with van der Waals surface area (Å²) in [6.45, 7) is 9.35. The Balaban J connectivity index is 0.00000240. The van der Waals surface area contributed by atoms with Gasteiger partial charge in [0, 0.05) is 45.8 Å². The lowest BCUT2D eigenvalue weighted by molar-refractivity contribution is -0.143. The lowest BCUT2D eigenvalue weighted by Gasteiger charge is -2.34. The standard InChI is InChI=1S/C43H54N4O8.CH2Cl2/c1-7-8-14-29(39(51)33(48)19-20-35(50)44-36(40(52)46(5)6)26-15-10-9-11-16-26)24-34(49)38-32-23-31(32)25-47(38)41(53)37(45-42(54)55-43(2,3)4)30-21-27-17-12-13-18-28(27)22-30;2-1-3/h7,9-13,15-18,29-32,36-38H,1,8,14,19-25H2,2-6H3,(H,44,50)(H,45,54);1H2/t29?,31-,32-,36-,37-,38-;/m0./s1. The van der Waals surface area contributed by atoms with Crippen LogP contribution in [-0.4, -0.2) is 94.6 Å². The third kappa shape index (κ3) is 12.5. The number of benzene rings is 2. The molecule has 0 aromatic heterocycles. The van der Waals surface area contributed by atoms with E-state index in [4.69, 9.17) is 27.9 Å². The Morgan fingerprint density at radius 2 is 1.53 bits per heavy atom. The number of amides is 4. The van der Waals surface area contributed by atoms with Gasteiger partial charge in [-0.3, -0.25) is 28.8 Å². The van der Waals surface area contributed by atoms with Crippen molar-refractivity contribution in [2.75, 3.05) is 26.0 Å². The van der Waals surface area contributed by atoms with Gasteiger partial charge in [-0.05, 0) is 87.3 Å². The van der Waals surface area contributed by atoms with Gasteiger partial charge in [-0.2, -0.15) is 0 Å². The van der Waals surface area contributed by atoms with Crippen LogP contribution in [0.2, 0.25) is 0 Å². The predicted octanol–water partition coefficient (Wildman–Crippen LogP) is 5.97. The van der Waals surface area contributed by atoms with Gasteiger partial charge in [-0.1, -0.05) is 60.7 Å². The maximum absolute atomic E-state index is 14.5. The van der Waals surface area contributed by atoms with Crippen LogP contribution in [0.4, 0.5) is 4.79 Å². The molecule has 3 aliphatic rings. The number of rotatable bonds is 17. The Labute approximate surface area is 351 Å². The van der Waals surface area contributed by atoms with Crippen LogP contribution in [0.25, 0.3) is 0 Å². The highest BCUT2D eigenvalue weighted by Crippen LogP contribution is 2.51. The Morgan fingerprint density at radius 3 is 2.10 bits per heavy atom. The number of hydrogen-bond donors (Lipinski definition) is 2. The summed E-state index contributed by atoms with van der Waals surface area (Å²) in [7, 11) is 3.16. The van der Waals surface area contributed by atoms with Gasteiger partial charge in [0.25, 0.3) is 0 Å². The molecule has 6 atom stereocenters. The van der Waals surface area contributed by atoms with Crippen LogP contribution < -0.4 is 10.6 Å². The first-order chi connectivity index (χ1) is 27.5. The predicted molar refractivity (Wildman–Crippen MR) is 222 cm³/mol. The first-order valence-electron chi connectivity index (χ1n) is 19.7. The zero-order valence-electron chi connectivity index (χ0n) is 34.0. The van der Waals surface area contributed by atoms with E-state index in [0.29, 0.717) is 31.4 Å². The number of likely N-dealkylation sites (N-methyl/N-ethyl adjacent to an activating group) is 1. The molecular weight excluding hydrogens is 783 g/mol. The molecule has 14 heteroatoms. The molecule has 1 saturated carbocycles. The highest BCUT2D eigenvalue weighted by atomic mass is 35.5. The number of alkyl halides is 2. The molecule has 58 heavy (non-hydrogen) atoms. The van der Waals surface area contributed by atoms with Crippen molar-refractivity contribution in [2.24, 2.45) is 23.7 Å². The molecule has 0 radical (unpaired) electrons. The molecule has 2 fully saturated rings. The lowest BCUT2D eigenvalue weighted by Crippen LogP contribution is -2.56. The summed E-state index contributed by atoms with van der Waals surface area (Å²) >= 11 is 9.53. The van der Waals surface area contributed by atoms with Crippen molar-refractivity contribution >= 4 is 64.4 Å². The zero-order valence-corrected chi connectivity index (χ0v) is 35.5. The molecule has 1 heterocycles. The number of halogens is 2. The Morgan fingerprint density at radius 1 is 0.931 bits per heavy atom. The van der Waals surface area contributed by atoms with E-state index in [9.17, 15) is 33.6 Å². The highest BCUT2D eigenvalue weighted by Gasteiger charge is 2.58. The number of ketones is 3. The van der Waals surface area contributed by atoms with Crippen molar-refractivity contribution in [3.8, 4) is 0 Å². The molecule has 2 aromatic rings. The van der Waals surface area contributed by atoms with Crippen molar-refractivity contribution < 1.29 is 38.3 Å². The van der Waals surface area contributed by atoms with Crippen molar-refractivity contribution in [1.29, 1.82) is 0 Å². The van der Waals surface area contributed by atoms with Crippen LogP contribution in [0, 0.1) is 23.7 Å². The number of nitrogens with one attached hydrogen (secondary N) is 2. The average Bonchev–Trinajstić information content (AvgIpc) is 3.62. The van der Waals surface area contributed by atoms with Crippen LogP contribution in [-0.2, 0) is 46.3 Å². The largest absolute Gasteiger partial charge is 0.444 e. The van der Waals surface area contributed by atoms with Gasteiger partial charge in [0.15, 0.2) is 11.6 Å². The minimum absolute atomic E-state index is 0.0589. The highest BCUT2D eigenvalue weighted by molar-refractivity contribution is 6.40. The number of allylic oxidation sites excluding steroid dienone is 1. The smallest absolute Gasteiger partial charge is 0.408 e. The third-order valence-corrected chi connectivity index (χ3v) is 10.8. The normalized spacial score (nSPS) is 19.5. The van der Waals surface area contributed by atoms with E-state index in [-0.39, 0.29) is 66.4 Å². The second kappa shape index (κ2) is 20.9. The second-order valence-electron chi connectivity index (χ2n) is 16.4. The molecule has 0 spiro atoms. The number of hydrogen-bond acceptors (Lipinski definition) is 8. The van der Waals surface area contributed by atoms with Gasteiger partial charge in [0.1, 0.15) is 17.7 Å². The number of likely N-dealkylation sites (tertiary alicyclic amines) is 1. The maximum atomic E-state index is 14.5. The molecule has 2 aliphatic carbocycles. The average molecular weight is 840 g/mol. The van der Waals surface area contributed by atoms with Crippen molar-refractivity contribution in [3.05, 3.63) is 83.9 Å². The topological polar surface area (TPSA) is 159 Å². The van der Waals surface area contributed by atoms with Crippen LogP contribution in [0.15, 0.2) is 67.3 Å². The van der Waals surface area contributed by atoms with Crippen molar-refractivity contribution in [3.63, 3.8) is 0 Å². The van der Waals surface area contributed by atoms with Gasteiger partial charge in [0.05, 0.1) is 11.4 Å². The lowest BCUT2D eigenvalue weighted by atomic mass is 9.86. The first-order valence-corrected chi connectivity index (χ1v) is 20.8. The van der Waals surface area contributed by atoms with Gasteiger partial charge < -0.3 is 25.2 Å². The quantitative estimate of drug-likeness (QED) is 0.112. The molecule has 2 N–H and O–H groups in total. The number of nitrogens with zero attached hydrogens (tertiary/aromatic N) is 2. The van der Waals surface area contributed by atoms with E-state index in [0.717, 1.165) is 17.5 Å². The summed E-state index contributed by atoms with van der Waals surface area (Å²) in [5, 5.41) is 5.73. The molecule has 4 amide bonds. The summed E-state index contributed by atoms with van der Waals surface area (Å²) < 4.78 is 5.55. The molecule has 1 aliphatic heterocycles. The number of Topliss-reactive ketones (excluding diaryl/α,β-unsaturated/α-hetero) is 3. The van der Waals surface area contributed by atoms with Gasteiger partial charge in [0.2, 0.25) is 23.5 Å². The van der Waals surface area contributed by atoms with E-state index in [2.05, 4.69) is 17.2 Å². The van der Waals surface area contributed by atoms with Crippen LogP contribution in [0.3, 0.4) is 0 Å². The molecule has 5 rings (SSSR count). The third-order valence-electron chi connectivity index (χ3n) is 10.8. The van der Waals surface area contributed by atoms with E-state index in [1.54, 1.807) is 76.2 Å². The van der Waals surface area contributed by atoms with Crippen molar-refractivity contribution in [2.45, 2.75) is 95.9 Å². The number of carbonyl (C=O) groups excluding carboxylic acids is 7. The van der Waals surface area contributed by atoms with Gasteiger partial charge >= 0.3 is 6.09 Å². The molecular formula is C44H56Cl2N4O8. The minimum Gasteiger partial charge on any atom is -0.444 e. The molecule has 2 aromatic carbocycles. The zero-order chi connectivity index (χ0) is 42.7. The summed E-state index contributed by atoms with van der Waals surface area (Å²) in [5.74, 6) is -4.21. The first kappa shape index (κ1) is 46.1. The summed E-state index contributed by atoms with van der Waals surface area (Å²) in [6.07, 6.45) is 2.48. The van der Waals surface area contributed by atoms with E-state index >= 15 is 0 Å². The minimum atomic E-state index is -0.960. The molecule has 0 bridgehead atoms. The van der Waals surface area contributed by atoms with E-state index in [1.165, 1.54) is 4.90 Å². The van der Waals surface area contributed by atoms with E-state index < -0.39 is 53.2 Å². The fourth-order valence-electron chi connectivity index (χ4n) is 7.94. The fourth-order valence-corrected chi connectivity index (χ4v) is 7.94. The number of alkyl carbamates (subject to hydrolysis) is 1.